The normalized spacial score (nSPS) is 12.0. The molecule has 1 heterocycles. The van der Waals surface area contributed by atoms with Gasteiger partial charge in [0.05, 0.1) is 12.7 Å². The fourth-order valence-electron chi connectivity index (χ4n) is 1.48. The van der Waals surface area contributed by atoms with Gasteiger partial charge in [0.25, 0.3) is 0 Å². The van der Waals surface area contributed by atoms with Gasteiger partial charge in [0.15, 0.2) is 0 Å². The highest BCUT2D eigenvalue weighted by molar-refractivity contribution is 9.10. The van der Waals surface area contributed by atoms with E-state index in [9.17, 15) is 0 Å². The van der Waals surface area contributed by atoms with Gasteiger partial charge in [-0.15, -0.1) is 0 Å². The van der Waals surface area contributed by atoms with E-state index in [1.165, 1.54) is 0 Å². The van der Waals surface area contributed by atoms with Gasteiger partial charge in [-0.25, -0.2) is 9.97 Å². The van der Waals surface area contributed by atoms with E-state index in [2.05, 4.69) is 51.6 Å². The van der Waals surface area contributed by atoms with Crippen LogP contribution in [0.4, 0.5) is 5.82 Å². The summed E-state index contributed by atoms with van der Waals surface area (Å²) in [6, 6.07) is 1.94. The maximum Gasteiger partial charge on any atom is 0.137 e. The summed E-state index contributed by atoms with van der Waals surface area (Å²) >= 11 is 3.46. The van der Waals surface area contributed by atoms with Crippen molar-refractivity contribution in [2.24, 2.45) is 0 Å². The summed E-state index contributed by atoms with van der Waals surface area (Å²) in [7, 11) is 2.02. The number of halogens is 1. The molecule has 0 saturated carbocycles. The van der Waals surface area contributed by atoms with Crippen molar-refractivity contribution in [2.45, 2.75) is 46.1 Å². The number of ether oxygens (including phenoxy) is 1. The lowest BCUT2D eigenvalue weighted by Gasteiger charge is -2.22. The molecule has 1 aromatic heterocycles. The van der Waals surface area contributed by atoms with Crippen molar-refractivity contribution in [1.29, 1.82) is 0 Å². The van der Waals surface area contributed by atoms with Gasteiger partial charge in [-0.2, -0.15) is 0 Å². The second-order valence-corrected chi connectivity index (χ2v) is 6.78. The molecule has 1 aromatic rings. The second-order valence-electron chi connectivity index (χ2n) is 5.96. The van der Waals surface area contributed by atoms with Crippen LogP contribution in [0.3, 0.4) is 0 Å². The lowest BCUT2D eigenvalue weighted by atomic mass is 9.96. The van der Waals surface area contributed by atoms with Gasteiger partial charge in [0, 0.05) is 25.1 Å². The Morgan fingerprint density at radius 3 is 2.47 bits per heavy atom. The highest BCUT2D eigenvalue weighted by Crippen LogP contribution is 2.23. The zero-order valence-electron chi connectivity index (χ0n) is 12.7. The van der Waals surface area contributed by atoms with E-state index in [1.54, 1.807) is 0 Å². The van der Waals surface area contributed by atoms with E-state index in [0.29, 0.717) is 6.61 Å². The molecule has 0 fully saturated rings. The van der Waals surface area contributed by atoms with Crippen molar-refractivity contribution in [3.05, 3.63) is 16.5 Å². The quantitative estimate of drug-likeness (QED) is 0.776. The van der Waals surface area contributed by atoms with E-state index >= 15 is 0 Å². The van der Waals surface area contributed by atoms with E-state index in [-0.39, 0.29) is 11.5 Å². The molecule has 0 amide bonds. The van der Waals surface area contributed by atoms with E-state index in [0.717, 1.165) is 22.8 Å². The Hall–Kier alpha value is -0.680. The van der Waals surface area contributed by atoms with Crippen LogP contribution in [-0.4, -0.2) is 36.3 Å². The molecule has 19 heavy (non-hydrogen) atoms. The summed E-state index contributed by atoms with van der Waals surface area (Å²) in [6.45, 7) is 11.9. The van der Waals surface area contributed by atoms with Crippen molar-refractivity contribution in [3.63, 3.8) is 0 Å². The van der Waals surface area contributed by atoms with E-state index < -0.39 is 0 Å². The van der Waals surface area contributed by atoms with Crippen molar-refractivity contribution >= 4 is 21.7 Å². The van der Waals surface area contributed by atoms with Crippen LogP contribution in [0.2, 0.25) is 0 Å². The second kappa shape index (κ2) is 6.66. The number of rotatable bonds is 5. The predicted molar refractivity (Wildman–Crippen MR) is 82.8 cm³/mol. The highest BCUT2D eigenvalue weighted by atomic mass is 79.9. The first-order valence-corrected chi connectivity index (χ1v) is 7.37. The van der Waals surface area contributed by atoms with Gasteiger partial charge in [-0.3, -0.25) is 0 Å². The van der Waals surface area contributed by atoms with Crippen LogP contribution < -0.4 is 4.90 Å². The Labute approximate surface area is 124 Å². The molecular formula is C14H24BrN3O. The average Bonchev–Trinajstić information content (AvgIpc) is 2.26. The van der Waals surface area contributed by atoms with Gasteiger partial charge in [0.1, 0.15) is 16.2 Å². The maximum atomic E-state index is 5.56. The smallest absolute Gasteiger partial charge is 0.137 e. The number of likely N-dealkylation sites (N-methyl/N-ethyl adjacent to an activating group) is 1. The van der Waals surface area contributed by atoms with Gasteiger partial charge in [0.2, 0.25) is 0 Å². The summed E-state index contributed by atoms with van der Waals surface area (Å²) in [5.41, 5.74) is -0.0617. The van der Waals surface area contributed by atoms with E-state index in [4.69, 9.17) is 4.74 Å². The third kappa shape index (κ3) is 5.45. The van der Waals surface area contributed by atoms with Gasteiger partial charge < -0.3 is 9.64 Å². The van der Waals surface area contributed by atoms with Gasteiger partial charge in [-0.1, -0.05) is 20.8 Å². The minimum absolute atomic E-state index is 0.0617. The number of hydrogen-bond donors (Lipinski definition) is 0. The van der Waals surface area contributed by atoms with Crippen molar-refractivity contribution in [3.8, 4) is 0 Å². The monoisotopic (exact) mass is 329 g/mol. The first-order chi connectivity index (χ1) is 8.70. The molecule has 1 rings (SSSR count). The minimum atomic E-state index is -0.0617. The molecule has 0 aliphatic rings. The third-order valence-corrected chi connectivity index (χ3v) is 3.03. The highest BCUT2D eigenvalue weighted by Gasteiger charge is 2.19. The van der Waals surface area contributed by atoms with Crippen LogP contribution in [0, 0.1) is 0 Å². The molecule has 4 nitrogen and oxygen atoms in total. The average molecular weight is 330 g/mol. The molecule has 0 N–H and O–H groups in total. The summed E-state index contributed by atoms with van der Waals surface area (Å²) < 4.78 is 6.38. The van der Waals surface area contributed by atoms with Crippen LogP contribution >= 0.6 is 15.9 Å². The van der Waals surface area contributed by atoms with Crippen molar-refractivity contribution in [2.75, 3.05) is 25.1 Å². The predicted octanol–water partition coefficient (Wildman–Crippen LogP) is 3.40. The first-order valence-electron chi connectivity index (χ1n) is 6.58. The molecule has 5 heteroatoms. The lowest BCUT2D eigenvalue weighted by Crippen LogP contribution is -2.26. The minimum Gasteiger partial charge on any atom is -0.377 e. The Bertz CT molecular complexity index is 416. The zero-order valence-corrected chi connectivity index (χ0v) is 14.3. The molecule has 0 aliphatic carbocycles. The van der Waals surface area contributed by atoms with Crippen LogP contribution in [0.1, 0.15) is 40.4 Å². The first kappa shape index (κ1) is 16.4. The SMILES string of the molecule is CC(C)OCCN(C)c1cc(Br)nc(C(C)(C)C)n1. The largest absolute Gasteiger partial charge is 0.377 e. The van der Waals surface area contributed by atoms with Crippen molar-refractivity contribution in [1.82, 2.24) is 9.97 Å². The third-order valence-electron chi connectivity index (χ3n) is 2.62. The van der Waals surface area contributed by atoms with Gasteiger partial charge >= 0.3 is 0 Å². The molecule has 0 aliphatic heterocycles. The fourth-order valence-corrected chi connectivity index (χ4v) is 1.85. The van der Waals surface area contributed by atoms with Crippen LogP contribution in [0.25, 0.3) is 0 Å². The molecule has 0 spiro atoms. The number of anilines is 1. The van der Waals surface area contributed by atoms with Crippen LogP contribution in [0.15, 0.2) is 10.7 Å². The molecule has 0 atom stereocenters. The van der Waals surface area contributed by atoms with Crippen LogP contribution in [0.5, 0.6) is 0 Å². The molecule has 0 unspecified atom stereocenters. The summed E-state index contributed by atoms with van der Waals surface area (Å²) in [5.74, 6) is 1.76. The van der Waals surface area contributed by atoms with E-state index in [1.807, 2.05) is 27.0 Å². The summed E-state index contributed by atoms with van der Waals surface area (Å²) in [5, 5.41) is 0. The zero-order chi connectivity index (χ0) is 14.6. The molecule has 108 valence electrons. The Balaban J connectivity index is 2.79. The molecule has 0 bridgehead atoms. The fraction of sp³-hybridized carbons (Fsp3) is 0.714. The summed E-state index contributed by atoms with van der Waals surface area (Å²) in [4.78, 5) is 11.2. The molecule has 0 radical (unpaired) electrons. The van der Waals surface area contributed by atoms with Gasteiger partial charge in [-0.05, 0) is 29.8 Å². The maximum absolute atomic E-state index is 5.56. The molecule has 0 saturated heterocycles. The Kier molecular flexibility index (Phi) is 5.74. The van der Waals surface area contributed by atoms with Crippen LogP contribution in [-0.2, 0) is 10.2 Å². The molecular weight excluding hydrogens is 306 g/mol. The van der Waals surface area contributed by atoms with Crippen molar-refractivity contribution < 1.29 is 4.74 Å². The number of hydrogen-bond acceptors (Lipinski definition) is 4. The Morgan fingerprint density at radius 2 is 1.95 bits per heavy atom. The Morgan fingerprint density at radius 1 is 1.32 bits per heavy atom. The number of aromatic nitrogens is 2. The standard InChI is InChI=1S/C14H24BrN3O/c1-10(2)19-8-7-18(6)12-9-11(15)16-13(17-12)14(3,4)5/h9-10H,7-8H2,1-6H3. The summed E-state index contributed by atoms with van der Waals surface area (Å²) in [6.07, 6.45) is 0.260. The lowest BCUT2D eigenvalue weighted by molar-refractivity contribution is 0.0845. The number of nitrogens with zero attached hydrogens (tertiary/aromatic N) is 3. The topological polar surface area (TPSA) is 38.2 Å². The molecule has 0 aromatic carbocycles.